The molecular formula is C13H19NO2. The molecule has 16 heavy (non-hydrogen) atoms. The Morgan fingerprint density at radius 1 is 1.50 bits per heavy atom. The number of Topliss-reactive ketones (excluding diaryl/α,β-unsaturated/α-hetero) is 1. The van der Waals surface area contributed by atoms with Crippen LogP contribution in [0.1, 0.15) is 26.0 Å². The van der Waals surface area contributed by atoms with Gasteiger partial charge in [0, 0.05) is 37.9 Å². The molecule has 2 heterocycles. The first kappa shape index (κ1) is 11.4. The summed E-state index contributed by atoms with van der Waals surface area (Å²) < 4.78 is 5.31. The van der Waals surface area contributed by atoms with Crippen LogP contribution in [0.5, 0.6) is 0 Å². The minimum atomic E-state index is 0.172. The van der Waals surface area contributed by atoms with E-state index in [1.807, 2.05) is 19.1 Å². The van der Waals surface area contributed by atoms with Crippen molar-refractivity contribution in [2.45, 2.75) is 32.7 Å². The summed E-state index contributed by atoms with van der Waals surface area (Å²) in [4.78, 5) is 13.9. The lowest BCUT2D eigenvalue weighted by Gasteiger charge is -2.36. The van der Waals surface area contributed by atoms with Crippen LogP contribution in [0.4, 0.5) is 0 Å². The Morgan fingerprint density at radius 3 is 3.00 bits per heavy atom. The summed E-state index contributed by atoms with van der Waals surface area (Å²) in [6.07, 6.45) is 3.34. The monoisotopic (exact) mass is 221 g/mol. The molecule has 2 atom stereocenters. The lowest BCUT2D eigenvalue weighted by Crippen LogP contribution is -2.47. The Kier molecular flexibility index (Phi) is 3.44. The van der Waals surface area contributed by atoms with Gasteiger partial charge >= 0.3 is 0 Å². The van der Waals surface area contributed by atoms with Gasteiger partial charge in [-0.3, -0.25) is 9.69 Å². The van der Waals surface area contributed by atoms with E-state index in [1.54, 1.807) is 6.26 Å². The molecule has 0 aromatic carbocycles. The van der Waals surface area contributed by atoms with Gasteiger partial charge < -0.3 is 4.42 Å². The molecule has 1 aliphatic heterocycles. The van der Waals surface area contributed by atoms with E-state index in [0.717, 1.165) is 25.3 Å². The van der Waals surface area contributed by atoms with Gasteiger partial charge in [-0.25, -0.2) is 0 Å². The van der Waals surface area contributed by atoms with Crippen LogP contribution in [-0.4, -0.2) is 29.8 Å². The third kappa shape index (κ3) is 2.35. The van der Waals surface area contributed by atoms with Gasteiger partial charge in [-0.05, 0) is 19.1 Å². The van der Waals surface area contributed by atoms with E-state index in [2.05, 4.69) is 11.8 Å². The number of likely N-dealkylation sites (tertiary alicyclic amines) is 1. The molecule has 0 radical (unpaired) electrons. The number of hydrogen-bond acceptors (Lipinski definition) is 3. The van der Waals surface area contributed by atoms with Gasteiger partial charge in [-0.15, -0.1) is 0 Å². The summed E-state index contributed by atoms with van der Waals surface area (Å²) in [5.74, 6) is 1.60. The SMILES string of the molecule is CC1C(=O)CCN(CCc2ccco2)C1C. The summed E-state index contributed by atoms with van der Waals surface area (Å²) in [6.45, 7) is 6.05. The van der Waals surface area contributed by atoms with Crippen LogP contribution in [0.15, 0.2) is 22.8 Å². The van der Waals surface area contributed by atoms with Gasteiger partial charge in [0.25, 0.3) is 0 Å². The zero-order valence-corrected chi connectivity index (χ0v) is 9.98. The third-order valence-corrected chi connectivity index (χ3v) is 3.68. The largest absolute Gasteiger partial charge is 0.469 e. The molecule has 2 rings (SSSR count). The molecule has 88 valence electrons. The molecule has 0 N–H and O–H groups in total. The van der Waals surface area contributed by atoms with Crippen LogP contribution >= 0.6 is 0 Å². The first-order valence-corrected chi connectivity index (χ1v) is 5.97. The van der Waals surface area contributed by atoms with E-state index in [0.29, 0.717) is 18.2 Å². The molecule has 2 unspecified atom stereocenters. The Balaban J connectivity index is 1.88. The number of hydrogen-bond donors (Lipinski definition) is 0. The average molecular weight is 221 g/mol. The number of furan rings is 1. The fourth-order valence-corrected chi connectivity index (χ4v) is 2.29. The average Bonchev–Trinajstić information content (AvgIpc) is 2.78. The Hall–Kier alpha value is -1.09. The van der Waals surface area contributed by atoms with Crippen molar-refractivity contribution in [3.8, 4) is 0 Å². The molecule has 1 fully saturated rings. The number of ketones is 1. The summed E-state index contributed by atoms with van der Waals surface area (Å²) in [5, 5.41) is 0. The van der Waals surface area contributed by atoms with Gasteiger partial charge in [0.2, 0.25) is 0 Å². The van der Waals surface area contributed by atoms with Crippen molar-refractivity contribution >= 4 is 5.78 Å². The second-order valence-corrected chi connectivity index (χ2v) is 4.61. The van der Waals surface area contributed by atoms with Gasteiger partial charge in [-0.2, -0.15) is 0 Å². The van der Waals surface area contributed by atoms with E-state index in [4.69, 9.17) is 4.42 Å². The maximum Gasteiger partial charge on any atom is 0.138 e. The Labute approximate surface area is 96.4 Å². The van der Waals surface area contributed by atoms with Crippen molar-refractivity contribution in [2.75, 3.05) is 13.1 Å². The van der Waals surface area contributed by atoms with Gasteiger partial charge in [0.1, 0.15) is 11.5 Å². The molecule has 3 nitrogen and oxygen atoms in total. The fraction of sp³-hybridized carbons (Fsp3) is 0.615. The molecule has 0 amide bonds. The number of carbonyl (C=O) groups is 1. The fourth-order valence-electron chi connectivity index (χ4n) is 2.29. The first-order chi connectivity index (χ1) is 7.68. The van der Waals surface area contributed by atoms with Crippen molar-refractivity contribution < 1.29 is 9.21 Å². The lowest BCUT2D eigenvalue weighted by molar-refractivity contribution is -0.127. The minimum Gasteiger partial charge on any atom is -0.469 e. The second-order valence-electron chi connectivity index (χ2n) is 4.61. The van der Waals surface area contributed by atoms with Crippen molar-refractivity contribution in [2.24, 2.45) is 5.92 Å². The predicted molar refractivity (Wildman–Crippen MR) is 62.2 cm³/mol. The van der Waals surface area contributed by atoms with Crippen molar-refractivity contribution in [3.63, 3.8) is 0 Å². The quantitative estimate of drug-likeness (QED) is 0.784. The van der Waals surface area contributed by atoms with E-state index in [9.17, 15) is 4.79 Å². The first-order valence-electron chi connectivity index (χ1n) is 5.97. The topological polar surface area (TPSA) is 33.5 Å². The van der Waals surface area contributed by atoms with Crippen LogP contribution in [0.2, 0.25) is 0 Å². The van der Waals surface area contributed by atoms with Crippen LogP contribution in [-0.2, 0) is 11.2 Å². The molecule has 1 aromatic heterocycles. The molecule has 1 aromatic rings. The zero-order valence-electron chi connectivity index (χ0n) is 9.98. The number of carbonyl (C=O) groups excluding carboxylic acids is 1. The van der Waals surface area contributed by atoms with Crippen molar-refractivity contribution in [1.29, 1.82) is 0 Å². The normalized spacial score (nSPS) is 27.2. The van der Waals surface area contributed by atoms with E-state index >= 15 is 0 Å². The molecular weight excluding hydrogens is 202 g/mol. The highest BCUT2D eigenvalue weighted by molar-refractivity contribution is 5.82. The maximum atomic E-state index is 11.5. The summed E-state index contributed by atoms with van der Waals surface area (Å²) in [5.41, 5.74) is 0. The number of rotatable bonds is 3. The van der Waals surface area contributed by atoms with Gasteiger partial charge in [0.15, 0.2) is 0 Å². The highest BCUT2D eigenvalue weighted by atomic mass is 16.3. The maximum absolute atomic E-state index is 11.5. The highest BCUT2D eigenvalue weighted by Crippen LogP contribution is 2.20. The predicted octanol–water partition coefficient (Wildman–Crippen LogP) is 2.12. The Bertz CT molecular complexity index is 345. The van der Waals surface area contributed by atoms with Crippen molar-refractivity contribution in [1.82, 2.24) is 4.90 Å². The highest BCUT2D eigenvalue weighted by Gasteiger charge is 2.30. The van der Waals surface area contributed by atoms with Gasteiger partial charge in [0.05, 0.1) is 6.26 Å². The van der Waals surface area contributed by atoms with Crippen LogP contribution in [0, 0.1) is 5.92 Å². The molecule has 0 bridgehead atoms. The van der Waals surface area contributed by atoms with Gasteiger partial charge in [-0.1, -0.05) is 6.92 Å². The zero-order chi connectivity index (χ0) is 11.5. The summed E-state index contributed by atoms with van der Waals surface area (Å²) in [7, 11) is 0. The summed E-state index contributed by atoms with van der Waals surface area (Å²) >= 11 is 0. The lowest BCUT2D eigenvalue weighted by atomic mass is 9.90. The van der Waals surface area contributed by atoms with E-state index in [-0.39, 0.29) is 5.92 Å². The Morgan fingerprint density at radius 2 is 2.31 bits per heavy atom. The summed E-state index contributed by atoms with van der Waals surface area (Å²) in [6, 6.07) is 4.28. The van der Waals surface area contributed by atoms with Crippen molar-refractivity contribution in [3.05, 3.63) is 24.2 Å². The molecule has 0 saturated carbocycles. The van der Waals surface area contributed by atoms with E-state index in [1.165, 1.54) is 0 Å². The molecule has 0 spiro atoms. The molecule has 0 aliphatic carbocycles. The second kappa shape index (κ2) is 4.83. The van der Waals surface area contributed by atoms with Crippen LogP contribution < -0.4 is 0 Å². The van der Waals surface area contributed by atoms with Crippen LogP contribution in [0.25, 0.3) is 0 Å². The smallest absolute Gasteiger partial charge is 0.138 e. The standard InChI is InChI=1S/C13H19NO2/c1-10-11(2)14(8-6-13(10)15)7-5-12-4-3-9-16-12/h3-4,9-11H,5-8H2,1-2H3. The minimum absolute atomic E-state index is 0.172. The molecule has 1 saturated heterocycles. The third-order valence-electron chi connectivity index (χ3n) is 3.68. The number of piperidine rings is 1. The van der Waals surface area contributed by atoms with E-state index < -0.39 is 0 Å². The molecule has 3 heteroatoms. The number of nitrogens with zero attached hydrogens (tertiary/aromatic N) is 1. The molecule has 1 aliphatic rings. The van der Waals surface area contributed by atoms with Crippen LogP contribution in [0.3, 0.4) is 0 Å².